The largest absolute Gasteiger partial charge is 0.490 e. The van der Waals surface area contributed by atoms with Crippen molar-refractivity contribution in [3.05, 3.63) is 23.8 Å². The highest BCUT2D eigenvalue weighted by Gasteiger charge is 2.18. The number of benzene rings is 1. The van der Waals surface area contributed by atoms with E-state index in [1.165, 1.54) is 12.1 Å². The number of hydrogen-bond acceptors (Lipinski definition) is 5. The van der Waals surface area contributed by atoms with Crippen LogP contribution in [0.3, 0.4) is 0 Å². The van der Waals surface area contributed by atoms with Gasteiger partial charge in [-0.15, -0.1) is 0 Å². The van der Waals surface area contributed by atoms with E-state index >= 15 is 0 Å². The average molecular weight is 317 g/mol. The number of rotatable bonds is 6. The van der Waals surface area contributed by atoms with Crippen molar-refractivity contribution in [2.24, 2.45) is 5.14 Å². The van der Waals surface area contributed by atoms with E-state index in [9.17, 15) is 13.2 Å². The lowest BCUT2D eigenvalue weighted by molar-refractivity contribution is -0.0166. The molecule has 0 aromatic heterocycles. The maximum Gasteiger partial charge on any atom is 0.335 e. The first-order valence-electron chi connectivity index (χ1n) is 6.17. The number of hydrogen-bond donors (Lipinski definition) is 2. The summed E-state index contributed by atoms with van der Waals surface area (Å²) in [5.41, 5.74) is -0.517. The zero-order valence-electron chi connectivity index (χ0n) is 12.1. The van der Waals surface area contributed by atoms with Crippen molar-refractivity contribution >= 4 is 16.0 Å². The van der Waals surface area contributed by atoms with Crippen LogP contribution in [0.25, 0.3) is 0 Å². The molecule has 1 aromatic rings. The molecule has 3 N–H and O–H groups in total. The first-order valence-corrected chi connectivity index (χ1v) is 7.72. The summed E-state index contributed by atoms with van der Waals surface area (Å²) >= 11 is 0. The second-order valence-corrected chi connectivity index (χ2v) is 6.85. The Morgan fingerprint density at radius 3 is 2.38 bits per heavy atom. The van der Waals surface area contributed by atoms with Gasteiger partial charge in [0.15, 0.2) is 0 Å². The third kappa shape index (κ3) is 5.70. The summed E-state index contributed by atoms with van der Waals surface area (Å²) in [6.45, 7) is 6.01. The molecule has 0 amide bonds. The van der Waals surface area contributed by atoms with Crippen LogP contribution in [0.15, 0.2) is 23.1 Å². The molecule has 7 nitrogen and oxygen atoms in total. The molecular weight excluding hydrogens is 298 g/mol. The number of sulfonamides is 1. The van der Waals surface area contributed by atoms with Gasteiger partial charge in [-0.3, -0.25) is 0 Å². The molecule has 0 aliphatic rings. The van der Waals surface area contributed by atoms with E-state index in [4.69, 9.17) is 19.7 Å². The Labute approximate surface area is 123 Å². The third-order valence-corrected chi connectivity index (χ3v) is 3.31. The molecule has 0 unspecified atom stereocenters. The topological polar surface area (TPSA) is 116 Å². The van der Waals surface area contributed by atoms with E-state index in [0.29, 0.717) is 0 Å². The Bertz CT molecular complexity index is 618. The molecule has 0 fully saturated rings. The second kappa shape index (κ2) is 6.42. The van der Waals surface area contributed by atoms with Crippen LogP contribution in [-0.2, 0) is 14.8 Å². The predicted molar refractivity (Wildman–Crippen MR) is 76.0 cm³/mol. The maximum absolute atomic E-state index is 11.5. The van der Waals surface area contributed by atoms with Crippen molar-refractivity contribution < 1.29 is 27.8 Å². The number of carboxylic acid groups (broad SMARTS) is 1. The van der Waals surface area contributed by atoms with Gasteiger partial charge < -0.3 is 14.6 Å². The van der Waals surface area contributed by atoms with Crippen molar-refractivity contribution in [3.8, 4) is 5.75 Å². The lowest BCUT2D eigenvalue weighted by atomic mass is 10.2. The predicted octanol–water partition coefficient (Wildman–Crippen LogP) is 1.23. The summed E-state index contributed by atoms with van der Waals surface area (Å²) < 4.78 is 33.7. The van der Waals surface area contributed by atoms with Gasteiger partial charge in [-0.2, -0.15) is 0 Å². The molecule has 0 saturated carbocycles. The van der Waals surface area contributed by atoms with E-state index < -0.39 is 16.0 Å². The first-order chi connectivity index (χ1) is 9.50. The number of ether oxygens (including phenoxy) is 2. The Morgan fingerprint density at radius 1 is 1.29 bits per heavy atom. The van der Waals surface area contributed by atoms with Gasteiger partial charge in [-0.25, -0.2) is 18.4 Å². The highest BCUT2D eigenvalue weighted by atomic mass is 32.2. The van der Waals surface area contributed by atoms with Crippen molar-refractivity contribution in [2.45, 2.75) is 31.3 Å². The molecule has 0 bridgehead atoms. The first kappa shape index (κ1) is 17.4. The summed E-state index contributed by atoms with van der Waals surface area (Å²) in [7, 11) is -4.08. The highest BCUT2D eigenvalue weighted by Crippen LogP contribution is 2.24. The van der Waals surface area contributed by atoms with Crippen molar-refractivity contribution in [3.63, 3.8) is 0 Å². The summed E-state index contributed by atoms with van der Waals surface area (Å²) in [6.07, 6.45) is 0. The van der Waals surface area contributed by atoms with Gasteiger partial charge in [0.25, 0.3) is 0 Å². The summed E-state index contributed by atoms with van der Waals surface area (Å²) in [5.74, 6) is -1.25. The average Bonchev–Trinajstić information content (AvgIpc) is 2.32. The van der Waals surface area contributed by atoms with Gasteiger partial charge in [0, 0.05) is 0 Å². The molecule has 0 saturated heterocycles. The van der Waals surface area contributed by atoms with Crippen LogP contribution in [0.5, 0.6) is 5.75 Å². The molecule has 1 rings (SSSR count). The van der Waals surface area contributed by atoms with E-state index in [2.05, 4.69) is 0 Å². The maximum atomic E-state index is 11.5. The molecule has 21 heavy (non-hydrogen) atoms. The molecule has 118 valence electrons. The monoisotopic (exact) mass is 317 g/mol. The summed E-state index contributed by atoms with van der Waals surface area (Å²) in [6, 6.07) is 3.48. The van der Waals surface area contributed by atoms with Crippen LogP contribution >= 0.6 is 0 Å². The molecule has 0 aliphatic carbocycles. The Balaban J connectivity index is 2.89. The summed E-state index contributed by atoms with van der Waals surface area (Å²) in [5, 5.41) is 13.9. The number of primary sulfonamides is 1. The fourth-order valence-corrected chi connectivity index (χ4v) is 2.18. The summed E-state index contributed by atoms with van der Waals surface area (Å²) in [4.78, 5) is 10.5. The Hall–Kier alpha value is -1.64. The molecule has 0 radical (unpaired) electrons. The van der Waals surface area contributed by atoms with Gasteiger partial charge >= 0.3 is 5.97 Å². The van der Waals surface area contributed by atoms with Gasteiger partial charge in [0.05, 0.1) is 17.8 Å². The molecule has 1 aromatic carbocycles. The van der Waals surface area contributed by atoms with Gasteiger partial charge in [0.2, 0.25) is 10.0 Å². The van der Waals surface area contributed by atoms with Crippen LogP contribution in [0, 0.1) is 0 Å². The van der Waals surface area contributed by atoms with Gasteiger partial charge in [-0.1, -0.05) is 0 Å². The number of carboxylic acids is 1. The number of aromatic carboxylic acids is 1. The molecule has 0 aliphatic heterocycles. The molecule has 0 atom stereocenters. The number of carbonyl (C=O) groups is 1. The highest BCUT2D eigenvalue weighted by molar-refractivity contribution is 7.89. The fourth-order valence-electron chi connectivity index (χ4n) is 1.48. The van der Waals surface area contributed by atoms with Crippen LogP contribution in [0.1, 0.15) is 31.1 Å². The minimum absolute atomic E-state index is 0.00000850. The second-order valence-electron chi connectivity index (χ2n) is 5.32. The quantitative estimate of drug-likeness (QED) is 0.762. The standard InChI is InChI=1S/C13H19NO6S/c1-13(2,3)20-7-6-19-10-5-4-9(12(15)16)8-11(10)21(14,17)18/h4-5,8H,6-7H2,1-3H3,(H,15,16)(H2,14,17,18). The van der Waals surface area contributed by atoms with Crippen molar-refractivity contribution in [1.82, 2.24) is 0 Å². The Morgan fingerprint density at radius 2 is 1.90 bits per heavy atom. The molecule has 8 heteroatoms. The van der Waals surface area contributed by atoms with Gasteiger partial charge in [-0.05, 0) is 39.0 Å². The fraction of sp³-hybridized carbons (Fsp3) is 0.462. The third-order valence-electron chi connectivity index (χ3n) is 2.37. The van der Waals surface area contributed by atoms with E-state index in [1.807, 2.05) is 20.8 Å². The SMILES string of the molecule is CC(C)(C)OCCOc1ccc(C(=O)O)cc1S(N)(=O)=O. The van der Waals surface area contributed by atoms with Crippen molar-refractivity contribution in [2.75, 3.05) is 13.2 Å². The van der Waals surface area contributed by atoms with Crippen molar-refractivity contribution in [1.29, 1.82) is 0 Å². The van der Waals surface area contributed by atoms with Crippen LogP contribution < -0.4 is 9.88 Å². The minimum atomic E-state index is -4.08. The molecule has 0 spiro atoms. The normalized spacial score (nSPS) is 12.2. The zero-order chi connectivity index (χ0) is 16.3. The minimum Gasteiger partial charge on any atom is -0.490 e. The van der Waals surface area contributed by atoms with Crippen LogP contribution in [0.4, 0.5) is 0 Å². The Kier molecular flexibility index (Phi) is 5.32. The van der Waals surface area contributed by atoms with Crippen LogP contribution in [-0.4, -0.2) is 38.3 Å². The van der Waals surface area contributed by atoms with E-state index in [0.717, 1.165) is 6.07 Å². The number of nitrogens with two attached hydrogens (primary N) is 1. The van der Waals surface area contributed by atoms with Crippen LogP contribution in [0.2, 0.25) is 0 Å². The van der Waals surface area contributed by atoms with E-state index in [-0.39, 0.29) is 35.0 Å². The lowest BCUT2D eigenvalue weighted by Crippen LogP contribution is -2.23. The van der Waals surface area contributed by atoms with Gasteiger partial charge in [0.1, 0.15) is 17.3 Å². The smallest absolute Gasteiger partial charge is 0.335 e. The molecular formula is C13H19NO6S. The lowest BCUT2D eigenvalue weighted by Gasteiger charge is -2.19. The van der Waals surface area contributed by atoms with E-state index in [1.54, 1.807) is 0 Å². The molecule has 0 heterocycles. The zero-order valence-corrected chi connectivity index (χ0v) is 12.9.